The number of hydrogen-bond acceptors (Lipinski definition) is 3. The van der Waals surface area contributed by atoms with Gasteiger partial charge in [0.25, 0.3) is 0 Å². The monoisotopic (exact) mass is 199 g/mol. The van der Waals surface area contributed by atoms with E-state index in [0.717, 1.165) is 17.0 Å². The number of nitrogen functional groups attached to an aromatic ring is 1. The number of rotatable bonds is 2. The molecule has 0 aliphatic heterocycles. The van der Waals surface area contributed by atoms with Gasteiger partial charge in [-0.15, -0.1) is 0 Å². The summed E-state index contributed by atoms with van der Waals surface area (Å²) in [5.74, 6) is 0.789. The Balaban J connectivity index is 2.49. The van der Waals surface area contributed by atoms with Crippen molar-refractivity contribution in [3.63, 3.8) is 0 Å². The molecule has 1 aromatic carbocycles. The van der Waals surface area contributed by atoms with E-state index >= 15 is 0 Å². The van der Waals surface area contributed by atoms with Crippen molar-refractivity contribution in [2.24, 2.45) is 0 Å². The molecule has 0 aliphatic carbocycles. The first-order valence-electron chi connectivity index (χ1n) is 4.58. The number of hydrogen-bond donors (Lipinski definition) is 1. The quantitative estimate of drug-likeness (QED) is 0.806. The van der Waals surface area contributed by atoms with Crippen LogP contribution in [0, 0.1) is 6.07 Å². The predicted octanol–water partition coefficient (Wildman–Crippen LogP) is 2.14. The molecule has 0 atom stereocenters. The molecule has 0 saturated heterocycles. The van der Waals surface area contributed by atoms with E-state index in [1.807, 2.05) is 24.3 Å². The third kappa shape index (κ3) is 1.91. The summed E-state index contributed by atoms with van der Waals surface area (Å²) in [6.07, 6.45) is 1.67. The molecule has 0 amide bonds. The Hall–Kier alpha value is -2.03. The molecule has 0 aliphatic rings. The average molecular weight is 199 g/mol. The van der Waals surface area contributed by atoms with Gasteiger partial charge in [0.05, 0.1) is 18.5 Å². The van der Waals surface area contributed by atoms with Crippen molar-refractivity contribution in [2.45, 2.75) is 0 Å². The lowest BCUT2D eigenvalue weighted by molar-refractivity contribution is 0.415. The van der Waals surface area contributed by atoms with E-state index in [9.17, 15) is 0 Å². The smallest absolute Gasteiger partial charge is 0.119 e. The number of methoxy groups -OCH3 is 1. The van der Waals surface area contributed by atoms with Gasteiger partial charge in [-0.05, 0) is 18.2 Å². The Morgan fingerprint density at radius 2 is 2.27 bits per heavy atom. The van der Waals surface area contributed by atoms with Crippen LogP contribution in [0.15, 0.2) is 36.5 Å². The van der Waals surface area contributed by atoms with E-state index in [0.29, 0.717) is 5.69 Å². The minimum Gasteiger partial charge on any atom is -0.497 e. The highest BCUT2D eigenvalue weighted by atomic mass is 16.5. The zero-order valence-corrected chi connectivity index (χ0v) is 8.40. The van der Waals surface area contributed by atoms with Crippen LogP contribution in [0.3, 0.4) is 0 Å². The van der Waals surface area contributed by atoms with Gasteiger partial charge in [-0.2, -0.15) is 0 Å². The number of aromatic nitrogens is 1. The molecule has 0 spiro atoms. The highest BCUT2D eigenvalue weighted by Gasteiger charge is 2.04. The van der Waals surface area contributed by atoms with Crippen LogP contribution in [0.25, 0.3) is 11.3 Å². The lowest BCUT2D eigenvalue weighted by Gasteiger charge is -2.05. The minimum atomic E-state index is 0.547. The summed E-state index contributed by atoms with van der Waals surface area (Å²) in [6, 6.07) is 12.2. The molecule has 0 bridgehead atoms. The standard InChI is InChI=1S/C12H11N2O/c1-15-10-5-2-4-9(8-10)12-11(13)6-3-7-14-12/h2-5,7-8H,13H2,1H3. The highest BCUT2D eigenvalue weighted by Crippen LogP contribution is 2.25. The van der Waals surface area contributed by atoms with Gasteiger partial charge in [0.15, 0.2) is 0 Å². The third-order valence-electron chi connectivity index (χ3n) is 2.12. The first-order chi connectivity index (χ1) is 7.31. The van der Waals surface area contributed by atoms with Crippen LogP contribution >= 0.6 is 0 Å². The Bertz CT molecular complexity index is 469. The number of anilines is 1. The largest absolute Gasteiger partial charge is 0.497 e. The van der Waals surface area contributed by atoms with Crippen LogP contribution in [0.2, 0.25) is 0 Å². The van der Waals surface area contributed by atoms with E-state index < -0.39 is 0 Å². The molecule has 1 radical (unpaired) electrons. The molecule has 0 saturated carbocycles. The molecule has 1 aromatic heterocycles. The third-order valence-corrected chi connectivity index (χ3v) is 2.12. The van der Waals surface area contributed by atoms with Crippen LogP contribution in [0.4, 0.5) is 5.69 Å². The van der Waals surface area contributed by atoms with Crippen molar-refractivity contribution < 1.29 is 4.74 Å². The lowest BCUT2D eigenvalue weighted by atomic mass is 10.1. The van der Waals surface area contributed by atoms with Gasteiger partial charge in [0.1, 0.15) is 5.75 Å². The summed E-state index contributed by atoms with van der Waals surface area (Å²) < 4.78 is 5.14. The molecule has 15 heavy (non-hydrogen) atoms. The van der Waals surface area contributed by atoms with E-state index in [1.165, 1.54) is 0 Å². The first kappa shape index (κ1) is 9.52. The Kier molecular flexibility index (Phi) is 2.54. The van der Waals surface area contributed by atoms with Crippen molar-refractivity contribution in [1.82, 2.24) is 4.98 Å². The van der Waals surface area contributed by atoms with Gasteiger partial charge in [0, 0.05) is 17.8 Å². The molecular weight excluding hydrogens is 188 g/mol. The number of pyridine rings is 1. The van der Waals surface area contributed by atoms with Crippen molar-refractivity contribution >= 4 is 5.69 Å². The van der Waals surface area contributed by atoms with Gasteiger partial charge < -0.3 is 10.5 Å². The van der Waals surface area contributed by atoms with Crippen molar-refractivity contribution in [3.8, 4) is 17.0 Å². The van der Waals surface area contributed by atoms with E-state index in [1.54, 1.807) is 19.4 Å². The zero-order valence-electron chi connectivity index (χ0n) is 8.40. The summed E-state index contributed by atoms with van der Waals surface area (Å²) >= 11 is 0. The first-order valence-corrected chi connectivity index (χ1v) is 4.58. The molecule has 0 fully saturated rings. The van der Waals surface area contributed by atoms with Crippen LogP contribution < -0.4 is 10.5 Å². The Morgan fingerprint density at radius 3 is 3.00 bits per heavy atom. The molecule has 75 valence electrons. The molecule has 3 heteroatoms. The molecular formula is C12H11N2O. The van der Waals surface area contributed by atoms with Crippen molar-refractivity contribution in [3.05, 3.63) is 42.6 Å². The topological polar surface area (TPSA) is 48.1 Å². The molecule has 1 heterocycles. The van der Waals surface area contributed by atoms with Crippen LogP contribution in [0.5, 0.6) is 5.75 Å². The molecule has 2 rings (SSSR count). The maximum absolute atomic E-state index is 5.79. The maximum atomic E-state index is 5.79. The summed E-state index contributed by atoms with van der Waals surface area (Å²) in [5, 5.41) is 0. The van der Waals surface area contributed by atoms with Gasteiger partial charge in [0.2, 0.25) is 0 Å². The Labute approximate surface area is 88.5 Å². The molecule has 2 aromatic rings. The molecule has 3 nitrogen and oxygen atoms in total. The number of nitrogens with zero attached hydrogens (tertiary/aromatic N) is 1. The number of ether oxygens (including phenoxy) is 1. The predicted molar refractivity (Wildman–Crippen MR) is 59.5 cm³/mol. The van der Waals surface area contributed by atoms with Crippen molar-refractivity contribution in [2.75, 3.05) is 12.8 Å². The SMILES string of the molecule is COc1cccc(-c2ncc[c]c2N)c1. The van der Waals surface area contributed by atoms with Gasteiger partial charge in [-0.25, -0.2) is 0 Å². The van der Waals surface area contributed by atoms with Crippen LogP contribution in [-0.4, -0.2) is 12.1 Å². The van der Waals surface area contributed by atoms with Crippen molar-refractivity contribution in [1.29, 1.82) is 0 Å². The molecule has 2 N–H and O–H groups in total. The van der Waals surface area contributed by atoms with Gasteiger partial charge >= 0.3 is 0 Å². The second-order valence-electron chi connectivity index (χ2n) is 3.08. The lowest BCUT2D eigenvalue weighted by Crippen LogP contribution is -1.93. The fourth-order valence-corrected chi connectivity index (χ4v) is 1.38. The second kappa shape index (κ2) is 4.00. The van der Waals surface area contributed by atoms with Crippen LogP contribution in [-0.2, 0) is 0 Å². The van der Waals surface area contributed by atoms with Crippen LogP contribution in [0.1, 0.15) is 0 Å². The van der Waals surface area contributed by atoms with Gasteiger partial charge in [-0.1, -0.05) is 12.1 Å². The normalized spacial score (nSPS) is 9.93. The zero-order chi connectivity index (χ0) is 10.7. The van der Waals surface area contributed by atoms with E-state index in [2.05, 4.69) is 11.1 Å². The molecule has 0 unspecified atom stereocenters. The number of benzene rings is 1. The second-order valence-corrected chi connectivity index (χ2v) is 3.08. The maximum Gasteiger partial charge on any atom is 0.119 e. The van der Waals surface area contributed by atoms with E-state index in [-0.39, 0.29) is 0 Å². The average Bonchev–Trinajstić information content (AvgIpc) is 2.30. The summed E-state index contributed by atoms with van der Waals surface area (Å²) in [4.78, 5) is 4.21. The van der Waals surface area contributed by atoms with Gasteiger partial charge in [-0.3, -0.25) is 4.98 Å². The van der Waals surface area contributed by atoms with E-state index in [4.69, 9.17) is 10.5 Å². The summed E-state index contributed by atoms with van der Waals surface area (Å²) in [6.45, 7) is 0. The summed E-state index contributed by atoms with van der Waals surface area (Å²) in [7, 11) is 1.63. The highest BCUT2D eigenvalue weighted by molar-refractivity contribution is 5.72. The number of nitrogens with two attached hydrogens (primary N) is 1. The fraction of sp³-hybridized carbons (Fsp3) is 0.0833. The fourth-order valence-electron chi connectivity index (χ4n) is 1.38. The summed E-state index contributed by atoms with van der Waals surface area (Å²) in [5.41, 5.74) is 8.00. The minimum absolute atomic E-state index is 0.547. The Morgan fingerprint density at radius 1 is 1.40 bits per heavy atom.